The number of halogens is 1. The maximum absolute atomic E-state index is 8.43. The first kappa shape index (κ1) is 11.2. The summed E-state index contributed by atoms with van der Waals surface area (Å²) in [5.74, 6) is 0. The molecule has 0 fully saturated rings. The average Bonchev–Trinajstić information content (AvgIpc) is 2.11. The second kappa shape index (κ2) is 5.76. The van der Waals surface area contributed by atoms with Gasteiger partial charge in [-0.1, -0.05) is 34.7 Å². The maximum atomic E-state index is 8.43. The Morgan fingerprint density at radius 1 is 1.67 bits per heavy atom. The number of allylic oxidation sites excluding steroid dienone is 3. The quantitative estimate of drug-likeness (QED) is 0.751. The molecule has 0 spiro atoms. The molecule has 0 bridgehead atoms. The van der Waals surface area contributed by atoms with Gasteiger partial charge in [0.05, 0.1) is 6.07 Å². The molecule has 64 valence electrons. The van der Waals surface area contributed by atoms with E-state index in [0.717, 1.165) is 4.48 Å². The van der Waals surface area contributed by atoms with Crippen molar-refractivity contribution in [3.63, 3.8) is 0 Å². The summed E-state index contributed by atoms with van der Waals surface area (Å²) in [6, 6.07) is 1.29. The molecule has 0 aliphatic carbocycles. The Kier molecular flexibility index (Phi) is 5.35. The van der Waals surface area contributed by atoms with Crippen LogP contribution in [0.1, 0.15) is 6.92 Å². The molecule has 1 unspecified atom stereocenters. The topological polar surface area (TPSA) is 49.8 Å². The highest BCUT2D eigenvalue weighted by atomic mass is 79.9. The lowest BCUT2D eigenvalue weighted by Gasteiger charge is -1.99. The van der Waals surface area contributed by atoms with Crippen molar-refractivity contribution >= 4 is 15.9 Å². The van der Waals surface area contributed by atoms with Gasteiger partial charge in [0, 0.05) is 4.48 Å². The van der Waals surface area contributed by atoms with Crippen molar-refractivity contribution in [2.24, 2.45) is 5.73 Å². The van der Waals surface area contributed by atoms with Crippen LogP contribution in [0.5, 0.6) is 0 Å². The zero-order valence-corrected chi connectivity index (χ0v) is 8.51. The van der Waals surface area contributed by atoms with E-state index in [1.54, 1.807) is 12.2 Å². The fourth-order valence-electron chi connectivity index (χ4n) is 0.469. The fourth-order valence-corrected chi connectivity index (χ4v) is 0.602. The molecule has 0 heterocycles. The molecule has 0 aliphatic rings. The summed E-state index contributed by atoms with van der Waals surface area (Å²) < 4.78 is 0.939. The monoisotopic (exact) mass is 226 g/mol. The van der Waals surface area contributed by atoms with Crippen molar-refractivity contribution in [1.82, 2.24) is 0 Å². The maximum Gasteiger partial charge on any atom is 0.118 e. The Bertz CT molecular complexity index is 258. The van der Waals surface area contributed by atoms with Crippen LogP contribution in [0.15, 0.2) is 34.9 Å². The molecule has 0 aromatic carbocycles. The summed E-state index contributed by atoms with van der Waals surface area (Å²) >= 11 is 3.29. The smallest absolute Gasteiger partial charge is 0.118 e. The lowest BCUT2D eigenvalue weighted by molar-refractivity contribution is 0.998. The largest absolute Gasteiger partial charge is 0.312 e. The summed E-state index contributed by atoms with van der Waals surface area (Å²) in [5.41, 5.74) is 6.01. The molecule has 0 aromatic rings. The normalized spacial score (nSPS) is 14.3. The Labute approximate surface area is 81.2 Å². The van der Waals surface area contributed by atoms with Crippen LogP contribution >= 0.6 is 15.9 Å². The summed E-state index contributed by atoms with van der Waals surface area (Å²) in [5, 5.41) is 8.43. The Hall–Kier alpha value is -0.850. The molecule has 0 saturated heterocycles. The first-order chi connectivity index (χ1) is 5.61. The molecule has 12 heavy (non-hydrogen) atoms. The van der Waals surface area contributed by atoms with E-state index in [1.165, 1.54) is 0 Å². The Balaban J connectivity index is 4.21. The van der Waals surface area contributed by atoms with Crippen LogP contribution in [0, 0.1) is 11.3 Å². The third-order valence-corrected chi connectivity index (χ3v) is 1.99. The predicted octanol–water partition coefficient (Wildman–Crippen LogP) is 2.25. The number of nitrogens with two attached hydrogens (primary N) is 1. The summed E-state index contributed by atoms with van der Waals surface area (Å²) in [6.45, 7) is 5.55. The van der Waals surface area contributed by atoms with E-state index in [4.69, 9.17) is 11.0 Å². The van der Waals surface area contributed by atoms with Gasteiger partial charge in [-0.05, 0) is 18.6 Å². The van der Waals surface area contributed by atoms with Gasteiger partial charge in [-0.15, -0.1) is 0 Å². The highest BCUT2D eigenvalue weighted by molar-refractivity contribution is 9.11. The molecule has 0 amide bonds. The molecule has 0 radical (unpaired) electrons. The van der Waals surface area contributed by atoms with Crippen molar-refractivity contribution < 1.29 is 0 Å². The van der Waals surface area contributed by atoms with E-state index in [-0.39, 0.29) is 0 Å². The molecule has 0 saturated carbocycles. The highest BCUT2D eigenvalue weighted by Crippen LogP contribution is 2.08. The van der Waals surface area contributed by atoms with E-state index < -0.39 is 6.04 Å². The molecule has 3 heteroatoms. The molecule has 0 rings (SSSR count). The molecule has 1 atom stereocenters. The van der Waals surface area contributed by atoms with Crippen molar-refractivity contribution in [2.75, 3.05) is 0 Å². The third kappa shape index (κ3) is 4.12. The van der Waals surface area contributed by atoms with Crippen LogP contribution in [-0.2, 0) is 0 Å². The zero-order chi connectivity index (χ0) is 9.56. The van der Waals surface area contributed by atoms with Gasteiger partial charge >= 0.3 is 0 Å². The van der Waals surface area contributed by atoms with Gasteiger partial charge in [0.2, 0.25) is 0 Å². The first-order valence-electron chi connectivity index (χ1n) is 3.45. The lowest BCUT2D eigenvalue weighted by atomic mass is 10.1. The second-order valence-corrected chi connectivity index (χ2v) is 3.10. The molecule has 2 N–H and O–H groups in total. The van der Waals surface area contributed by atoms with E-state index in [1.807, 2.05) is 19.1 Å². The molecular formula is C9H11BrN2. The van der Waals surface area contributed by atoms with Crippen LogP contribution < -0.4 is 5.73 Å². The number of nitriles is 1. The number of rotatable bonds is 3. The predicted molar refractivity (Wildman–Crippen MR) is 54.6 cm³/mol. The average molecular weight is 227 g/mol. The standard InChI is InChI=1S/C9H11BrN2/c1-3-8(10)5-4-7(2)9(12)6-11/h3-5,9H,2,12H2,1H3/b5-4-,8-3+. The van der Waals surface area contributed by atoms with Gasteiger partial charge in [-0.25, -0.2) is 0 Å². The van der Waals surface area contributed by atoms with Crippen molar-refractivity contribution in [3.8, 4) is 6.07 Å². The Morgan fingerprint density at radius 3 is 2.67 bits per heavy atom. The van der Waals surface area contributed by atoms with Gasteiger partial charge in [0.1, 0.15) is 6.04 Å². The highest BCUT2D eigenvalue weighted by Gasteiger charge is 1.99. The zero-order valence-electron chi connectivity index (χ0n) is 6.92. The van der Waals surface area contributed by atoms with Gasteiger partial charge in [-0.2, -0.15) is 5.26 Å². The van der Waals surface area contributed by atoms with E-state index in [0.29, 0.717) is 5.57 Å². The molecule has 0 aromatic heterocycles. The fraction of sp³-hybridized carbons (Fsp3) is 0.222. The minimum Gasteiger partial charge on any atom is -0.312 e. The van der Waals surface area contributed by atoms with Gasteiger partial charge in [-0.3, -0.25) is 0 Å². The first-order valence-corrected chi connectivity index (χ1v) is 4.25. The number of hydrogen-bond donors (Lipinski definition) is 1. The molecular weight excluding hydrogens is 216 g/mol. The van der Waals surface area contributed by atoms with Gasteiger partial charge in [0.15, 0.2) is 0 Å². The second-order valence-electron chi connectivity index (χ2n) is 2.19. The van der Waals surface area contributed by atoms with Crippen LogP contribution in [0.2, 0.25) is 0 Å². The van der Waals surface area contributed by atoms with Gasteiger partial charge in [0.25, 0.3) is 0 Å². The van der Waals surface area contributed by atoms with Gasteiger partial charge < -0.3 is 5.73 Å². The summed E-state index contributed by atoms with van der Waals surface area (Å²) in [6.07, 6.45) is 5.42. The van der Waals surface area contributed by atoms with Crippen molar-refractivity contribution in [2.45, 2.75) is 13.0 Å². The van der Waals surface area contributed by atoms with Crippen LogP contribution in [-0.4, -0.2) is 6.04 Å². The molecule has 2 nitrogen and oxygen atoms in total. The van der Waals surface area contributed by atoms with Crippen molar-refractivity contribution in [1.29, 1.82) is 5.26 Å². The van der Waals surface area contributed by atoms with E-state index in [2.05, 4.69) is 22.5 Å². The molecule has 0 aliphatic heterocycles. The van der Waals surface area contributed by atoms with E-state index >= 15 is 0 Å². The number of nitrogens with zero attached hydrogens (tertiary/aromatic N) is 1. The van der Waals surface area contributed by atoms with Crippen LogP contribution in [0.3, 0.4) is 0 Å². The Morgan fingerprint density at radius 2 is 2.25 bits per heavy atom. The summed E-state index contributed by atoms with van der Waals surface area (Å²) in [4.78, 5) is 0. The minimum atomic E-state index is -0.613. The lowest BCUT2D eigenvalue weighted by Crippen LogP contribution is -2.18. The minimum absolute atomic E-state index is 0.608. The summed E-state index contributed by atoms with van der Waals surface area (Å²) in [7, 11) is 0. The van der Waals surface area contributed by atoms with Crippen LogP contribution in [0.4, 0.5) is 0 Å². The number of hydrogen-bond acceptors (Lipinski definition) is 2. The third-order valence-electron chi connectivity index (χ3n) is 1.27. The van der Waals surface area contributed by atoms with Crippen molar-refractivity contribution in [3.05, 3.63) is 34.9 Å². The van der Waals surface area contributed by atoms with Crippen LogP contribution in [0.25, 0.3) is 0 Å². The SMILES string of the molecule is C=C(/C=C\C(Br)=C/C)C(N)C#N. The van der Waals surface area contributed by atoms with E-state index in [9.17, 15) is 0 Å².